The standard InChI is InChI=1S/C24H23Cl2N3O3/c1-14(2)22(28-23(30)16-6-4-15(3)5-7-16)24(31)29-27-13-18-9-11-21(32-18)19-12-17(25)8-10-20(19)26/h4-14,22H,1-3H3,(H,28,30)(H,29,31). The molecule has 0 saturated carbocycles. The van der Waals surface area contributed by atoms with Gasteiger partial charge in [0.05, 0.1) is 11.2 Å². The number of amides is 2. The molecule has 0 saturated heterocycles. The minimum atomic E-state index is -0.751. The highest BCUT2D eigenvalue weighted by molar-refractivity contribution is 6.35. The number of hydrogen-bond donors (Lipinski definition) is 2. The van der Waals surface area contributed by atoms with Gasteiger partial charge < -0.3 is 9.73 Å². The summed E-state index contributed by atoms with van der Waals surface area (Å²) < 4.78 is 5.71. The minimum absolute atomic E-state index is 0.139. The molecular weight excluding hydrogens is 449 g/mol. The van der Waals surface area contributed by atoms with E-state index in [0.29, 0.717) is 32.7 Å². The molecule has 0 aliphatic carbocycles. The molecule has 32 heavy (non-hydrogen) atoms. The second kappa shape index (κ2) is 10.5. The van der Waals surface area contributed by atoms with Crippen molar-refractivity contribution >= 4 is 41.2 Å². The first-order valence-corrected chi connectivity index (χ1v) is 10.8. The number of nitrogens with zero attached hydrogens (tertiary/aromatic N) is 1. The molecule has 0 bridgehead atoms. The number of hydrazone groups is 1. The van der Waals surface area contributed by atoms with E-state index in [1.54, 1.807) is 42.5 Å². The lowest BCUT2D eigenvalue weighted by Crippen LogP contribution is -2.48. The summed E-state index contributed by atoms with van der Waals surface area (Å²) in [5, 5.41) is 7.76. The molecular formula is C24H23Cl2N3O3. The van der Waals surface area contributed by atoms with E-state index < -0.39 is 11.9 Å². The van der Waals surface area contributed by atoms with Crippen LogP contribution in [0.5, 0.6) is 0 Å². The molecule has 166 valence electrons. The van der Waals surface area contributed by atoms with Crippen LogP contribution in [0.1, 0.15) is 35.5 Å². The van der Waals surface area contributed by atoms with E-state index in [1.807, 2.05) is 32.9 Å². The summed E-state index contributed by atoms with van der Waals surface area (Å²) >= 11 is 12.2. The van der Waals surface area contributed by atoms with Crippen molar-refractivity contribution in [1.82, 2.24) is 10.7 Å². The van der Waals surface area contributed by atoms with Crippen molar-refractivity contribution in [2.24, 2.45) is 11.0 Å². The van der Waals surface area contributed by atoms with E-state index in [0.717, 1.165) is 5.56 Å². The van der Waals surface area contributed by atoms with Gasteiger partial charge in [-0.25, -0.2) is 5.43 Å². The summed E-state index contributed by atoms with van der Waals surface area (Å²) in [7, 11) is 0. The summed E-state index contributed by atoms with van der Waals surface area (Å²) in [6.45, 7) is 5.63. The quantitative estimate of drug-likeness (QED) is 0.354. The van der Waals surface area contributed by atoms with Gasteiger partial charge in [-0.05, 0) is 55.3 Å². The van der Waals surface area contributed by atoms with Gasteiger partial charge in [0.2, 0.25) is 0 Å². The second-order valence-corrected chi connectivity index (χ2v) is 8.47. The maximum atomic E-state index is 12.6. The molecule has 2 N–H and O–H groups in total. The monoisotopic (exact) mass is 471 g/mol. The van der Waals surface area contributed by atoms with Crippen LogP contribution in [0.15, 0.2) is 64.1 Å². The minimum Gasteiger partial charge on any atom is -0.455 e. The Hall–Kier alpha value is -3.09. The molecule has 0 fully saturated rings. The summed E-state index contributed by atoms with van der Waals surface area (Å²) in [4.78, 5) is 25.1. The number of benzene rings is 2. The third kappa shape index (κ3) is 5.99. The van der Waals surface area contributed by atoms with E-state index in [4.69, 9.17) is 27.6 Å². The van der Waals surface area contributed by atoms with Gasteiger partial charge in [-0.2, -0.15) is 5.10 Å². The molecule has 8 heteroatoms. The molecule has 2 aromatic carbocycles. The number of halogens is 2. The van der Waals surface area contributed by atoms with E-state index in [1.165, 1.54) is 6.21 Å². The third-order valence-corrected chi connectivity index (χ3v) is 5.30. The Morgan fingerprint density at radius 2 is 1.75 bits per heavy atom. The van der Waals surface area contributed by atoms with Crippen LogP contribution in [-0.2, 0) is 4.79 Å². The molecule has 3 aromatic rings. The fourth-order valence-electron chi connectivity index (χ4n) is 2.95. The molecule has 1 unspecified atom stereocenters. The van der Waals surface area contributed by atoms with Crippen molar-refractivity contribution < 1.29 is 14.0 Å². The van der Waals surface area contributed by atoms with Crippen molar-refractivity contribution in [3.05, 3.63) is 81.5 Å². The summed E-state index contributed by atoms with van der Waals surface area (Å²) in [5.41, 5.74) is 4.65. The number of hydrogen-bond acceptors (Lipinski definition) is 4. The average Bonchev–Trinajstić information content (AvgIpc) is 3.22. The smallest absolute Gasteiger partial charge is 0.262 e. The molecule has 1 heterocycles. The summed E-state index contributed by atoms with van der Waals surface area (Å²) in [6, 6.07) is 14.9. The Morgan fingerprint density at radius 3 is 2.44 bits per heavy atom. The predicted octanol–water partition coefficient (Wildman–Crippen LogP) is 5.47. The van der Waals surface area contributed by atoms with Crippen molar-refractivity contribution in [2.75, 3.05) is 0 Å². The molecule has 6 nitrogen and oxygen atoms in total. The van der Waals surface area contributed by atoms with Crippen LogP contribution < -0.4 is 10.7 Å². The molecule has 2 amide bonds. The van der Waals surface area contributed by atoms with E-state index in [9.17, 15) is 9.59 Å². The molecule has 1 atom stereocenters. The Morgan fingerprint density at radius 1 is 1.03 bits per heavy atom. The topological polar surface area (TPSA) is 83.7 Å². The molecule has 0 aliphatic rings. The van der Waals surface area contributed by atoms with Crippen molar-refractivity contribution in [3.8, 4) is 11.3 Å². The number of furan rings is 1. The van der Waals surface area contributed by atoms with Gasteiger partial charge in [0.15, 0.2) is 0 Å². The SMILES string of the molecule is Cc1ccc(C(=O)NC(C(=O)NN=Cc2ccc(-c3cc(Cl)ccc3Cl)o2)C(C)C)cc1. The maximum absolute atomic E-state index is 12.6. The van der Waals surface area contributed by atoms with E-state index in [-0.39, 0.29) is 11.8 Å². The Balaban J connectivity index is 1.64. The van der Waals surface area contributed by atoms with Gasteiger partial charge >= 0.3 is 0 Å². The molecule has 0 radical (unpaired) electrons. The van der Waals surface area contributed by atoms with Crippen LogP contribution in [0.25, 0.3) is 11.3 Å². The van der Waals surface area contributed by atoms with Crippen LogP contribution in [0, 0.1) is 12.8 Å². The van der Waals surface area contributed by atoms with E-state index in [2.05, 4.69) is 15.8 Å². The average molecular weight is 472 g/mol. The van der Waals surface area contributed by atoms with Crippen molar-refractivity contribution in [3.63, 3.8) is 0 Å². The van der Waals surface area contributed by atoms with E-state index >= 15 is 0 Å². The zero-order chi connectivity index (χ0) is 23.3. The predicted molar refractivity (Wildman–Crippen MR) is 127 cm³/mol. The zero-order valence-corrected chi connectivity index (χ0v) is 19.4. The Labute approximate surface area is 196 Å². The molecule has 1 aromatic heterocycles. The van der Waals surface area contributed by atoms with Crippen molar-refractivity contribution in [2.45, 2.75) is 26.8 Å². The van der Waals surface area contributed by atoms with Gasteiger partial charge in [-0.15, -0.1) is 0 Å². The van der Waals surface area contributed by atoms with Crippen molar-refractivity contribution in [1.29, 1.82) is 0 Å². The highest BCUT2D eigenvalue weighted by Gasteiger charge is 2.24. The van der Waals surface area contributed by atoms with Gasteiger partial charge in [-0.1, -0.05) is 54.7 Å². The maximum Gasteiger partial charge on any atom is 0.262 e. The Bertz CT molecular complexity index is 1140. The first-order valence-electron chi connectivity index (χ1n) is 10.0. The lowest BCUT2D eigenvalue weighted by atomic mass is 10.0. The molecule has 0 aliphatic heterocycles. The second-order valence-electron chi connectivity index (χ2n) is 7.62. The number of rotatable bonds is 7. The van der Waals surface area contributed by atoms with Gasteiger partial charge in [0, 0.05) is 16.1 Å². The van der Waals surface area contributed by atoms with Crippen LogP contribution in [0.3, 0.4) is 0 Å². The van der Waals surface area contributed by atoms with Gasteiger partial charge in [0.1, 0.15) is 17.6 Å². The fourth-order valence-corrected chi connectivity index (χ4v) is 3.33. The first kappa shape index (κ1) is 23.6. The first-order chi connectivity index (χ1) is 15.2. The highest BCUT2D eigenvalue weighted by atomic mass is 35.5. The highest BCUT2D eigenvalue weighted by Crippen LogP contribution is 2.31. The normalized spacial score (nSPS) is 12.2. The number of nitrogens with one attached hydrogen (secondary N) is 2. The molecule has 3 rings (SSSR count). The largest absolute Gasteiger partial charge is 0.455 e. The lowest BCUT2D eigenvalue weighted by Gasteiger charge is -2.20. The van der Waals surface area contributed by atoms with Gasteiger partial charge in [0.25, 0.3) is 11.8 Å². The summed E-state index contributed by atoms with van der Waals surface area (Å²) in [5.74, 6) is 0.0508. The van der Waals surface area contributed by atoms with Gasteiger partial charge in [-0.3, -0.25) is 9.59 Å². The fraction of sp³-hybridized carbons (Fsp3) is 0.208. The lowest BCUT2D eigenvalue weighted by molar-refractivity contribution is -0.123. The zero-order valence-electron chi connectivity index (χ0n) is 17.9. The van der Waals surface area contributed by atoms with Crippen LogP contribution >= 0.6 is 23.2 Å². The number of aryl methyl sites for hydroxylation is 1. The van der Waals surface area contributed by atoms with Crippen LogP contribution in [0.2, 0.25) is 10.0 Å². The molecule has 0 spiro atoms. The van der Waals surface area contributed by atoms with Crippen LogP contribution in [0.4, 0.5) is 0 Å². The number of carbonyl (C=O) groups is 2. The third-order valence-electron chi connectivity index (χ3n) is 4.74. The summed E-state index contributed by atoms with van der Waals surface area (Å²) in [6.07, 6.45) is 1.37. The number of carbonyl (C=O) groups excluding carboxylic acids is 2. The van der Waals surface area contributed by atoms with Crippen LogP contribution in [-0.4, -0.2) is 24.1 Å². The Kier molecular flexibility index (Phi) is 7.72.